The fourth-order valence-corrected chi connectivity index (χ4v) is 3.20. The quantitative estimate of drug-likeness (QED) is 0.597. The predicted molar refractivity (Wildman–Crippen MR) is 108 cm³/mol. The van der Waals surface area contributed by atoms with E-state index in [9.17, 15) is 13.4 Å². The van der Waals surface area contributed by atoms with E-state index in [4.69, 9.17) is 0 Å². The van der Waals surface area contributed by atoms with Crippen molar-refractivity contribution in [2.75, 3.05) is 11.6 Å². The number of rotatable bonds is 5. The number of hydrogen-bond donors (Lipinski definition) is 1. The van der Waals surface area contributed by atoms with Gasteiger partial charge in [-0.05, 0) is 57.9 Å². The molecule has 0 aliphatic heterocycles. The lowest BCUT2D eigenvalue weighted by atomic mass is 10.2. The number of carbonyl (C=O) groups excluding carboxylic acids is 1. The van der Waals surface area contributed by atoms with Crippen LogP contribution in [0.3, 0.4) is 0 Å². The first-order valence-corrected chi connectivity index (χ1v) is 10.2. The molecule has 0 aliphatic carbocycles. The van der Waals surface area contributed by atoms with Crippen LogP contribution in [0, 0.1) is 5.82 Å². The van der Waals surface area contributed by atoms with Crippen LogP contribution in [-0.4, -0.2) is 26.2 Å². The number of nitrogens with one attached hydrogen (secondary N) is 1. The Morgan fingerprint density at radius 1 is 1.30 bits per heavy atom. The molecule has 0 spiro atoms. The zero-order valence-corrected chi connectivity index (χ0v) is 16.6. The molecule has 1 N–H and O–H groups in total. The molecule has 0 fully saturated rings. The normalized spacial score (nSPS) is 12.3. The molecule has 0 saturated heterocycles. The summed E-state index contributed by atoms with van der Waals surface area (Å²) in [6.45, 7) is 0. The van der Waals surface area contributed by atoms with Crippen LogP contribution in [0.25, 0.3) is 11.8 Å². The van der Waals surface area contributed by atoms with Gasteiger partial charge in [-0.15, -0.1) is 0 Å². The molecule has 138 valence electrons. The highest BCUT2D eigenvalue weighted by Crippen LogP contribution is 2.18. The van der Waals surface area contributed by atoms with Crippen LogP contribution < -0.4 is 5.32 Å². The summed E-state index contributed by atoms with van der Waals surface area (Å²) in [5.74, 6) is -0.819. The molecule has 0 aliphatic rings. The number of benzene rings is 2. The summed E-state index contributed by atoms with van der Waals surface area (Å²) in [6, 6.07) is 11.4. The molecule has 3 aromatic rings. The molecule has 1 atom stereocenters. The predicted octanol–water partition coefficient (Wildman–Crippen LogP) is 4.16. The van der Waals surface area contributed by atoms with Crippen LogP contribution >= 0.6 is 15.9 Å². The number of halogens is 2. The van der Waals surface area contributed by atoms with Crippen molar-refractivity contribution in [2.45, 2.75) is 4.90 Å². The van der Waals surface area contributed by atoms with E-state index in [1.54, 1.807) is 55.0 Å². The summed E-state index contributed by atoms with van der Waals surface area (Å²) in [7, 11) is -1.13. The first-order chi connectivity index (χ1) is 12.9. The zero-order chi connectivity index (χ0) is 19.4. The summed E-state index contributed by atoms with van der Waals surface area (Å²) >= 11 is 3.27. The van der Waals surface area contributed by atoms with Gasteiger partial charge < -0.3 is 5.32 Å². The molecule has 8 heteroatoms. The number of amides is 1. The van der Waals surface area contributed by atoms with Crippen molar-refractivity contribution >= 4 is 44.4 Å². The van der Waals surface area contributed by atoms with E-state index >= 15 is 0 Å². The Hall–Kier alpha value is -2.58. The summed E-state index contributed by atoms with van der Waals surface area (Å²) in [6.07, 6.45) is 7.62. The topological polar surface area (TPSA) is 64.0 Å². The van der Waals surface area contributed by atoms with Crippen molar-refractivity contribution in [3.05, 3.63) is 76.8 Å². The smallest absolute Gasteiger partial charge is 0.248 e. The SMILES string of the molecule is CS(=O)c1cccc(NC(=O)/C=C/c2ccc(-n3cc(Br)cn3)c(F)c2)c1. The minimum absolute atomic E-state index is 0.312. The second kappa shape index (κ2) is 8.41. The summed E-state index contributed by atoms with van der Waals surface area (Å²) in [4.78, 5) is 12.7. The Bertz CT molecular complexity index is 1050. The van der Waals surface area contributed by atoms with Gasteiger partial charge in [-0.1, -0.05) is 12.1 Å². The number of carbonyl (C=O) groups is 1. The lowest BCUT2D eigenvalue weighted by molar-refractivity contribution is -0.111. The third-order valence-electron chi connectivity index (χ3n) is 3.63. The van der Waals surface area contributed by atoms with Crippen LogP contribution in [0.1, 0.15) is 5.56 Å². The fourth-order valence-electron chi connectivity index (χ4n) is 2.35. The van der Waals surface area contributed by atoms with E-state index in [2.05, 4.69) is 26.3 Å². The molecule has 0 bridgehead atoms. The average molecular weight is 448 g/mol. The molecule has 1 unspecified atom stereocenters. The minimum atomic E-state index is -1.13. The van der Waals surface area contributed by atoms with E-state index < -0.39 is 16.6 Å². The third kappa shape index (κ3) is 4.99. The molecule has 1 amide bonds. The fraction of sp³-hybridized carbons (Fsp3) is 0.0526. The monoisotopic (exact) mass is 447 g/mol. The summed E-state index contributed by atoms with van der Waals surface area (Å²) in [5.41, 5.74) is 1.40. The highest BCUT2D eigenvalue weighted by molar-refractivity contribution is 9.10. The molecular weight excluding hydrogens is 433 g/mol. The van der Waals surface area contributed by atoms with Crippen LogP contribution in [0.4, 0.5) is 10.1 Å². The van der Waals surface area contributed by atoms with E-state index in [1.807, 2.05) is 0 Å². The van der Waals surface area contributed by atoms with Crippen molar-refractivity contribution in [3.63, 3.8) is 0 Å². The van der Waals surface area contributed by atoms with E-state index in [1.165, 1.54) is 22.9 Å². The molecule has 27 heavy (non-hydrogen) atoms. The molecule has 1 aromatic heterocycles. The number of anilines is 1. The maximum absolute atomic E-state index is 14.3. The van der Waals surface area contributed by atoms with Gasteiger partial charge in [0.2, 0.25) is 5.91 Å². The van der Waals surface area contributed by atoms with Crippen molar-refractivity contribution < 1.29 is 13.4 Å². The molecular formula is C19H15BrFN3O2S. The van der Waals surface area contributed by atoms with Gasteiger partial charge in [0.15, 0.2) is 0 Å². The van der Waals surface area contributed by atoms with E-state index in [0.29, 0.717) is 21.8 Å². The number of nitrogens with zero attached hydrogens (tertiary/aromatic N) is 2. The first-order valence-electron chi connectivity index (χ1n) is 7.85. The van der Waals surface area contributed by atoms with Crippen molar-refractivity contribution in [3.8, 4) is 5.69 Å². The Kier molecular flexibility index (Phi) is 5.98. The van der Waals surface area contributed by atoms with E-state index in [-0.39, 0.29) is 5.91 Å². The number of aromatic nitrogens is 2. The van der Waals surface area contributed by atoms with Gasteiger partial charge in [0.1, 0.15) is 11.5 Å². The second-order valence-corrected chi connectivity index (χ2v) is 7.91. The Balaban J connectivity index is 1.70. The molecule has 3 rings (SSSR count). The van der Waals surface area contributed by atoms with Gasteiger partial charge in [-0.25, -0.2) is 9.07 Å². The molecule has 2 aromatic carbocycles. The number of hydrogen-bond acceptors (Lipinski definition) is 3. The lowest BCUT2D eigenvalue weighted by Gasteiger charge is -2.05. The Morgan fingerprint density at radius 3 is 2.78 bits per heavy atom. The largest absolute Gasteiger partial charge is 0.322 e. The van der Waals surface area contributed by atoms with Gasteiger partial charge in [0, 0.05) is 39.9 Å². The van der Waals surface area contributed by atoms with Crippen LogP contribution in [0.2, 0.25) is 0 Å². The van der Waals surface area contributed by atoms with Gasteiger partial charge >= 0.3 is 0 Å². The second-order valence-electron chi connectivity index (χ2n) is 5.62. The van der Waals surface area contributed by atoms with Crippen LogP contribution in [-0.2, 0) is 15.6 Å². The lowest BCUT2D eigenvalue weighted by Crippen LogP contribution is -2.08. The standard InChI is InChI=1S/C19H15BrFN3O2S/c1-27(26)16-4-2-3-15(10-16)23-19(25)8-6-13-5-7-18(17(21)9-13)24-12-14(20)11-22-24/h2-12H,1H3,(H,23,25)/b8-6+. The third-order valence-corrected chi connectivity index (χ3v) is 4.96. The van der Waals surface area contributed by atoms with Crippen molar-refractivity contribution in [1.82, 2.24) is 9.78 Å². The first kappa shape index (κ1) is 19.2. The molecule has 0 radical (unpaired) electrons. The molecule has 1 heterocycles. The Labute approximate surface area is 166 Å². The van der Waals surface area contributed by atoms with Crippen LogP contribution in [0.5, 0.6) is 0 Å². The Morgan fingerprint density at radius 2 is 2.11 bits per heavy atom. The van der Waals surface area contributed by atoms with Crippen molar-refractivity contribution in [1.29, 1.82) is 0 Å². The van der Waals surface area contributed by atoms with Gasteiger partial charge in [0.25, 0.3) is 0 Å². The summed E-state index contributed by atoms with van der Waals surface area (Å²) < 4.78 is 28.0. The summed E-state index contributed by atoms with van der Waals surface area (Å²) in [5, 5.41) is 6.73. The van der Waals surface area contributed by atoms with E-state index in [0.717, 1.165) is 4.47 Å². The molecule has 0 saturated carbocycles. The highest BCUT2D eigenvalue weighted by Gasteiger charge is 2.07. The molecule has 5 nitrogen and oxygen atoms in total. The van der Waals surface area contributed by atoms with Gasteiger partial charge in [-0.2, -0.15) is 5.10 Å². The van der Waals surface area contributed by atoms with Crippen molar-refractivity contribution in [2.24, 2.45) is 0 Å². The van der Waals surface area contributed by atoms with Gasteiger partial charge in [-0.3, -0.25) is 9.00 Å². The zero-order valence-electron chi connectivity index (χ0n) is 14.2. The van der Waals surface area contributed by atoms with Gasteiger partial charge in [0.05, 0.1) is 10.7 Å². The average Bonchev–Trinajstić information content (AvgIpc) is 3.06. The maximum atomic E-state index is 14.3. The van der Waals surface area contributed by atoms with Crippen LogP contribution in [0.15, 0.2) is 70.3 Å². The minimum Gasteiger partial charge on any atom is -0.322 e. The maximum Gasteiger partial charge on any atom is 0.248 e. The highest BCUT2D eigenvalue weighted by atomic mass is 79.9.